The molecule has 0 saturated carbocycles. The van der Waals surface area contributed by atoms with Gasteiger partial charge in [0.25, 0.3) is 0 Å². The van der Waals surface area contributed by atoms with Crippen LogP contribution in [0.2, 0.25) is 0 Å². The molecular formula is C13H20FNO2. The van der Waals surface area contributed by atoms with E-state index in [1.165, 1.54) is 12.1 Å². The number of aliphatic hydroxyl groups excluding tert-OH is 1. The van der Waals surface area contributed by atoms with Crippen LogP contribution in [0.15, 0.2) is 18.2 Å². The van der Waals surface area contributed by atoms with Crippen LogP contribution in [0.5, 0.6) is 5.75 Å². The molecule has 0 aromatic heterocycles. The summed E-state index contributed by atoms with van der Waals surface area (Å²) in [6.07, 6.45) is 1.61. The van der Waals surface area contributed by atoms with E-state index in [4.69, 9.17) is 9.84 Å². The summed E-state index contributed by atoms with van der Waals surface area (Å²) in [5.41, 5.74) is 0.873. The van der Waals surface area contributed by atoms with Crippen LogP contribution in [0.3, 0.4) is 0 Å². The molecule has 0 aliphatic carbocycles. The van der Waals surface area contributed by atoms with E-state index in [0.717, 1.165) is 18.5 Å². The Bertz CT molecular complexity index is 303. The fourth-order valence-corrected chi connectivity index (χ4v) is 1.47. The number of benzene rings is 1. The second kappa shape index (κ2) is 8.03. The standard InChI is InChI=1S/C13H20FNO2/c1-2-4-15-10-11-7-12(14)9-13(8-11)17-6-3-5-16/h7-9,15-16H,2-6,10H2,1H3. The van der Waals surface area contributed by atoms with Crippen LogP contribution in [0, 0.1) is 5.82 Å². The van der Waals surface area contributed by atoms with E-state index in [1.807, 2.05) is 6.07 Å². The van der Waals surface area contributed by atoms with Gasteiger partial charge in [-0.05, 0) is 30.7 Å². The maximum absolute atomic E-state index is 13.3. The maximum atomic E-state index is 13.3. The highest BCUT2D eigenvalue weighted by molar-refractivity contribution is 5.29. The molecule has 1 rings (SSSR count). The largest absolute Gasteiger partial charge is 0.493 e. The van der Waals surface area contributed by atoms with E-state index in [-0.39, 0.29) is 12.4 Å². The third-order valence-corrected chi connectivity index (χ3v) is 2.26. The summed E-state index contributed by atoms with van der Waals surface area (Å²) in [5, 5.41) is 11.8. The molecule has 0 aliphatic heterocycles. The molecule has 96 valence electrons. The number of ether oxygens (including phenoxy) is 1. The third kappa shape index (κ3) is 5.65. The molecule has 0 amide bonds. The van der Waals surface area contributed by atoms with Crippen LogP contribution in [-0.2, 0) is 6.54 Å². The summed E-state index contributed by atoms with van der Waals surface area (Å²) in [6, 6.07) is 4.69. The Hall–Kier alpha value is -1.13. The van der Waals surface area contributed by atoms with Crippen molar-refractivity contribution < 1.29 is 14.2 Å². The maximum Gasteiger partial charge on any atom is 0.127 e. The number of halogens is 1. The van der Waals surface area contributed by atoms with Crippen molar-refractivity contribution in [1.29, 1.82) is 0 Å². The molecule has 0 unspecified atom stereocenters. The molecule has 2 N–H and O–H groups in total. The van der Waals surface area contributed by atoms with Crippen molar-refractivity contribution in [2.75, 3.05) is 19.8 Å². The van der Waals surface area contributed by atoms with Gasteiger partial charge in [0.2, 0.25) is 0 Å². The van der Waals surface area contributed by atoms with Crippen molar-refractivity contribution in [1.82, 2.24) is 5.32 Å². The average Bonchev–Trinajstić information content (AvgIpc) is 2.29. The molecule has 0 spiro atoms. The zero-order valence-electron chi connectivity index (χ0n) is 10.2. The van der Waals surface area contributed by atoms with Crippen molar-refractivity contribution in [3.05, 3.63) is 29.6 Å². The van der Waals surface area contributed by atoms with Crippen LogP contribution in [-0.4, -0.2) is 24.9 Å². The van der Waals surface area contributed by atoms with Crippen molar-refractivity contribution in [3.63, 3.8) is 0 Å². The number of hydrogen-bond acceptors (Lipinski definition) is 3. The van der Waals surface area contributed by atoms with Gasteiger partial charge in [-0.1, -0.05) is 6.92 Å². The van der Waals surface area contributed by atoms with Crippen LogP contribution in [0.1, 0.15) is 25.3 Å². The lowest BCUT2D eigenvalue weighted by molar-refractivity contribution is 0.233. The second-order valence-corrected chi connectivity index (χ2v) is 3.90. The molecule has 1 aromatic carbocycles. The Balaban J connectivity index is 2.53. The summed E-state index contributed by atoms with van der Waals surface area (Å²) < 4.78 is 18.6. The number of hydrogen-bond donors (Lipinski definition) is 2. The summed E-state index contributed by atoms with van der Waals surface area (Å²) in [7, 11) is 0. The van der Waals surface area contributed by atoms with Gasteiger partial charge in [-0.15, -0.1) is 0 Å². The van der Waals surface area contributed by atoms with E-state index >= 15 is 0 Å². The summed E-state index contributed by atoms with van der Waals surface area (Å²) in [4.78, 5) is 0. The lowest BCUT2D eigenvalue weighted by atomic mass is 10.2. The lowest BCUT2D eigenvalue weighted by Gasteiger charge is -2.08. The van der Waals surface area contributed by atoms with Gasteiger partial charge in [0.05, 0.1) is 6.61 Å². The molecule has 4 heteroatoms. The van der Waals surface area contributed by atoms with E-state index in [1.54, 1.807) is 0 Å². The first-order chi connectivity index (χ1) is 8.26. The number of rotatable bonds is 8. The van der Waals surface area contributed by atoms with E-state index in [9.17, 15) is 4.39 Å². The molecule has 0 aliphatic rings. The Morgan fingerprint density at radius 1 is 1.35 bits per heavy atom. The average molecular weight is 241 g/mol. The number of nitrogens with one attached hydrogen (secondary N) is 1. The first-order valence-electron chi connectivity index (χ1n) is 6.00. The highest BCUT2D eigenvalue weighted by Crippen LogP contribution is 2.16. The Labute approximate surface area is 102 Å². The second-order valence-electron chi connectivity index (χ2n) is 3.90. The fourth-order valence-electron chi connectivity index (χ4n) is 1.47. The minimum Gasteiger partial charge on any atom is -0.493 e. The lowest BCUT2D eigenvalue weighted by Crippen LogP contribution is -2.14. The molecule has 0 saturated heterocycles. The highest BCUT2D eigenvalue weighted by Gasteiger charge is 2.01. The van der Waals surface area contributed by atoms with Crippen molar-refractivity contribution in [2.45, 2.75) is 26.3 Å². The SMILES string of the molecule is CCCNCc1cc(F)cc(OCCCO)c1. The first kappa shape index (κ1) is 13.9. The van der Waals surface area contributed by atoms with Gasteiger partial charge in [-0.2, -0.15) is 0 Å². The molecule has 3 nitrogen and oxygen atoms in total. The van der Waals surface area contributed by atoms with Crippen molar-refractivity contribution in [3.8, 4) is 5.75 Å². The van der Waals surface area contributed by atoms with Gasteiger partial charge in [-0.25, -0.2) is 4.39 Å². The Kier molecular flexibility index (Phi) is 6.58. The van der Waals surface area contributed by atoms with Crippen LogP contribution < -0.4 is 10.1 Å². The summed E-state index contributed by atoms with van der Waals surface area (Å²) >= 11 is 0. The Morgan fingerprint density at radius 3 is 2.88 bits per heavy atom. The quantitative estimate of drug-likeness (QED) is 0.685. The molecule has 0 heterocycles. The minimum atomic E-state index is -0.292. The third-order valence-electron chi connectivity index (χ3n) is 2.26. The van der Waals surface area contributed by atoms with Gasteiger partial charge in [-0.3, -0.25) is 0 Å². The fraction of sp³-hybridized carbons (Fsp3) is 0.538. The first-order valence-corrected chi connectivity index (χ1v) is 6.00. The molecule has 0 bridgehead atoms. The monoisotopic (exact) mass is 241 g/mol. The normalized spacial score (nSPS) is 10.5. The smallest absolute Gasteiger partial charge is 0.127 e. The van der Waals surface area contributed by atoms with E-state index in [0.29, 0.717) is 25.3 Å². The van der Waals surface area contributed by atoms with Crippen LogP contribution in [0.25, 0.3) is 0 Å². The predicted octanol–water partition coefficient (Wildman–Crippen LogP) is 2.09. The van der Waals surface area contributed by atoms with Crippen molar-refractivity contribution in [2.24, 2.45) is 0 Å². The van der Waals surface area contributed by atoms with Crippen LogP contribution in [0.4, 0.5) is 4.39 Å². The van der Waals surface area contributed by atoms with E-state index in [2.05, 4.69) is 12.2 Å². The van der Waals surface area contributed by atoms with Gasteiger partial charge in [0.1, 0.15) is 11.6 Å². The molecule has 0 atom stereocenters. The van der Waals surface area contributed by atoms with Gasteiger partial charge < -0.3 is 15.2 Å². The molecule has 17 heavy (non-hydrogen) atoms. The Morgan fingerprint density at radius 2 is 2.18 bits per heavy atom. The minimum absolute atomic E-state index is 0.0836. The zero-order chi connectivity index (χ0) is 12.5. The predicted molar refractivity (Wildman–Crippen MR) is 65.6 cm³/mol. The summed E-state index contributed by atoms with van der Waals surface area (Å²) in [5.74, 6) is 0.228. The molecular weight excluding hydrogens is 221 g/mol. The highest BCUT2D eigenvalue weighted by atomic mass is 19.1. The van der Waals surface area contributed by atoms with Crippen molar-refractivity contribution >= 4 is 0 Å². The van der Waals surface area contributed by atoms with Gasteiger partial charge >= 0.3 is 0 Å². The zero-order valence-corrected chi connectivity index (χ0v) is 10.2. The summed E-state index contributed by atoms with van der Waals surface area (Å²) in [6.45, 7) is 4.13. The topological polar surface area (TPSA) is 41.5 Å². The van der Waals surface area contributed by atoms with Gasteiger partial charge in [0.15, 0.2) is 0 Å². The molecule has 0 fully saturated rings. The number of aliphatic hydroxyl groups is 1. The van der Waals surface area contributed by atoms with Crippen LogP contribution >= 0.6 is 0 Å². The molecule has 1 aromatic rings. The van der Waals surface area contributed by atoms with Gasteiger partial charge in [0, 0.05) is 25.6 Å². The van der Waals surface area contributed by atoms with E-state index < -0.39 is 0 Å². The molecule has 0 radical (unpaired) electrons.